The highest BCUT2D eigenvalue weighted by molar-refractivity contribution is 5.55. The SMILES string of the molecule is CNc1ccc(-c2noc([C@H]3CCCN3C3CCOCC3)n2)cn1. The van der Waals surface area contributed by atoms with Crippen LogP contribution in [0.1, 0.15) is 37.6 Å². The summed E-state index contributed by atoms with van der Waals surface area (Å²) in [6, 6.07) is 4.67. The molecule has 0 aliphatic carbocycles. The van der Waals surface area contributed by atoms with E-state index in [-0.39, 0.29) is 6.04 Å². The van der Waals surface area contributed by atoms with Crippen LogP contribution in [0.2, 0.25) is 0 Å². The molecular weight excluding hydrogens is 306 g/mol. The molecule has 0 spiro atoms. The monoisotopic (exact) mass is 329 g/mol. The largest absolute Gasteiger partial charge is 0.381 e. The summed E-state index contributed by atoms with van der Waals surface area (Å²) in [5, 5.41) is 7.17. The van der Waals surface area contributed by atoms with Crippen molar-refractivity contribution in [1.29, 1.82) is 0 Å². The molecule has 2 aliphatic heterocycles. The number of nitrogens with zero attached hydrogens (tertiary/aromatic N) is 4. The van der Waals surface area contributed by atoms with E-state index in [0.717, 1.165) is 56.3 Å². The van der Waals surface area contributed by atoms with E-state index in [4.69, 9.17) is 9.26 Å². The first-order chi connectivity index (χ1) is 11.8. The molecule has 2 aliphatic rings. The molecule has 1 atom stereocenters. The summed E-state index contributed by atoms with van der Waals surface area (Å²) in [6.45, 7) is 2.81. The van der Waals surface area contributed by atoms with Gasteiger partial charge in [-0.2, -0.15) is 4.98 Å². The molecule has 0 radical (unpaired) electrons. The Labute approximate surface area is 141 Å². The number of rotatable bonds is 4. The van der Waals surface area contributed by atoms with Crippen molar-refractivity contribution in [3.05, 3.63) is 24.2 Å². The van der Waals surface area contributed by atoms with Gasteiger partial charge < -0.3 is 14.6 Å². The standard InChI is InChI=1S/C17H23N5O2/c1-18-15-5-4-12(11-19-15)16-20-17(24-21-16)14-3-2-8-22(14)13-6-9-23-10-7-13/h4-5,11,13-14H,2-3,6-10H2,1H3,(H,18,19)/t14-/m1/s1. The fourth-order valence-electron chi connectivity index (χ4n) is 3.67. The van der Waals surface area contributed by atoms with Crippen molar-refractivity contribution in [2.45, 2.75) is 37.8 Å². The van der Waals surface area contributed by atoms with Gasteiger partial charge in [-0.05, 0) is 44.4 Å². The molecule has 7 nitrogen and oxygen atoms in total. The maximum Gasteiger partial charge on any atom is 0.244 e. The van der Waals surface area contributed by atoms with Gasteiger partial charge in [-0.25, -0.2) is 4.98 Å². The Morgan fingerprint density at radius 1 is 1.21 bits per heavy atom. The molecule has 0 bridgehead atoms. The summed E-state index contributed by atoms with van der Waals surface area (Å²) in [5.41, 5.74) is 0.875. The second-order valence-electron chi connectivity index (χ2n) is 6.38. The van der Waals surface area contributed by atoms with E-state index >= 15 is 0 Å². The molecule has 0 amide bonds. The van der Waals surface area contributed by atoms with Crippen molar-refractivity contribution in [3.63, 3.8) is 0 Å². The number of hydrogen-bond acceptors (Lipinski definition) is 7. The predicted molar refractivity (Wildman–Crippen MR) is 89.6 cm³/mol. The minimum absolute atomic E-state index is 0.235. The first kappa shape index (κ1) is 15.5. The van der Waals surface area contributed by atoms with Crippen molar-refractivity contribution in [3.8, 4) is 11.4 Å². The number of hydrogen-bond donors (Lipinski definition) is 1. The second kappa shape index (κ2) is 6.86. The summed E-state index contributed by atoms with van der Waals surface area (Å²) >= 11 is 0. The topological polar surface area (TPSA) is 76.3 Å². The first-order valence-corrected chi connectivity index (χ1v) is 8.66. The van der Waals surface area contributed by atoms with Gasteiger partial charge in [0.15, 0.2) is 0 Å². The molecule has 4 rings (SSSR count). The smallest absolute Gasteiger partial charge is 0.244 e. The number of pyridine rings is 1. The van der Waals surface area contributed by atoms with Gasteiger partial charge in [0.25, 0.3) is 0 Å². The van der Waals surface area contributed by atoms with Crippen LogP contribution in [-0.4, -0.2) is 52.9 Å². The summed E-state index contributed by atoms with van der Waals surface area (Å²) in [6.07, 6.45) is 6.21. The first-order valence-electron chi connectivity index (χ1n) is 8.66. The predicted octanol–water partition coefficient (Wildman–Crippen LogP) is 2.49. The zero-order valence-corrected chi connectivity index (χ0v) is 13.9. The highest BCUT2D eigenvalue weighted by Crippen LogP contribution is 2.35. The Morgan fingerprint density at radius 2 is 2.08 bits per heavy atom. The van der Waals surface area contributed by atoms with Gasteiger partial charge in [0.1, 0.15) is 5.82 Å². The molecule has 2 aromatic rings. The molecule has 24 heavy (non-hydrogen) atoms. The lowest BCUT2D eigenvalue weighted by atomic mass is 10.1. The third kappa shape index (κ3) is 3.01. The Bertz CT molecular complexity index is 666. The molecule has 0 unspecified atom stereocenters. The van der Waals surface area contributed by atoms with Crippen LogP contribution in [0.4, 0.5) is 5.82 Å². The van der Waals surface area contributed by atoms with Crippen molar-refractivity contribution in [2.75, 3.05) is 32.1 Å². The summed E-state index contributed by atoms with van der Waals surface area (Å²) in [5.74, 6) is 2.16. The van der Waals surface area contributed by atoms with Crippen molar-refractivity contribution in [1.82, 2.24) is 20.0 Å². The zero-order valence-electron chi connectivity index (χ0n) is 13.9. The Kier molecular flexibility index (Phi) is 4.44. The quantitative estimate of drug-likeness (QED) is 0.923. The van der Waals surface area contributed by atoms with Crippen LogP contribution in [0, 0.1) is 0 Å². The van der Waals surface area contributed by atoms with Gasteiger partial charge in [-0.3, -0.25) is 4.90 Å². The van der Waals surface area contributed by atoms with Crippen molar-refractivity contribution < 1.29 is 9.26 Å². The van der Waals surface area contributed by atoms with Gasteiger partial charge in [0.05, 0.1) is 6.04 Å². The normalized spacial score (nSPS) is 22.8. The van der Waals surface area contributed by atoms with Crippen LogP contribution in [0.3, 0.4) is 0 Å². The van der Waals surface area contributed by atoms with Crippen LogP contribution in [0.25, 0.3) is 11.4 Å². The maximum atomic E-state index is 5.60. The van der Waals surface area contributed by atoms with E-state index in [1.54, 1.807) is 6.20 Å². The number of nitrogens with one attached hydrogen (secondary N) is 1. The fourth-order valence-corrected chi connectivity index (χ4v) is 3.67. The summed E-state index contributed by atoms with van der Waals surface area (Å²) < 4.78 is 11.1. The molecular formula is C17H23N5O2. The zero-order chi connectivity index (χ0) is 16.4. The van der Waals surface area contributed by atoms with Gasteiger partial charge >= 0.3 is 0 Å². The Morgan fingerprint density at radius 3 is 2.83 bits per heavy atom. The number of likely N-dealkylation sites (tertiary alicyclic amines) is 1. The highest BCUT2D eigenvalue weighted by atomic mass is 16.5. The van der Waals surface area contributed by atoms with Crippen LogP contribution in [-0.2, 0) is 4.74 Å². The fraction of sp³-hybridized carbons (Fsp3) is 0.588. The third-order valence-electron chi connectivity index (χ3n) is 4.96. The maximum absolute atomic E-state index is 5.60. The second-order valence-corrected chi connectivity index (χ2v) is 6.38. The van der Waals surface area contributed by atoms with Gasteiger partial charge in [-0.1, -0.05) is 5.16 Å². The minimum Gasteiger partial charge on any atom is -0.381 e. The molecule has 2 saturated heterocycles. The van der Waals surface area contributed by atoms with E-state index in [1.807, 2.05) is 19.2 Å². The molecule has 1 N–H and O–H groups in total. The molecule has 2 aromatic heterocycles. The average molecular weight is 329 g/mol. The lowest BCUT2D eigenvalue weighted by Crippen LogP contribution is -2.39. The highest BCUT2D eigenvalue weighted by Gasteiger charge is 2.35. The minimum atomic E-state index is 0.235. The van der Waals surface area contributed by atoms with Crippen molar-refractivity contribution in [2.24, 2.45) is 0 Å². The molecule has 2 fully saturated rings. The number of ether oxygens (including phenoxy) is 1. The lowest BCUT2D eigenvalue weighted by molar-refractivity contribution is 0.0243. The Balaban J connectivity index is 1.52. The van der Waals surface area contributed by atoms with E-state index in [0.29, 0.717) is 11.9 Å². The van der Waals surface area contributed by atoms with Crippen LogP contribution in [0.5, 0.6) is 0 Å². The van der Waals surface area contributed by atoms with Gasteiger partial charge in [0, 0.05) is 38.1 Å². The molecule has 7 heteroatoms. The lowest BCUT2D eigenvalue weighted by Gasteiger charge is -2.33. The van der Waals surface area contributed by atoms with Crippen LogP contribution in [0.15, 0.2) is 22.9 Å². The summed E-state index contributed by atoms with van der Waals surface area (Å²) in [4.78, 5) is 11.5. The van der Waals surface area contributed by atoms with Crippen LogP contribution >= 0.6 is 0 Å². The average Bonchev–Trinajstić information content (AvgIpc) is 3.32. The van der Waals surface area contributed by atoms with E-state index < -0.39 is 0 Å². The molecule has 0 aromatic carbocycles. The van der Waals surface area contributed by atoms with Gasteiger partial charge in [-0.15, -0.1) is 0 Å². The van der Waals surface area contributed by atoms with E-state index in [1.165, 1.54) is 6.42 Å². The molecule has 0 saturated carbocycles. The van der Waals surface area contributed by atoms with Gasteiger partial charge in [0.2, 0.25) is 11.7 Å². The number of anilines is 1. The molecule has 128 valence electrons. The van der Waals surface area contributed by atoms with Crippen molar-refractivity contribution >= 4 is 5.82 Å². The third-order valence-corrected chi connectivity index (χ3v) is 4.96. The molecule has 4 heterocycles. The Hall–Kier alpha value is -1.99. The van der Waals surface area contributed by atoms with E-state index in [9.17, 15) is 0 Å². The number of aromatic nitrogens is 3. The van der Waals surface area contributed by atoms with E-state index in [2.05, 4.69) is 25.3 Å². The van der Waals surface area contributed by atoms with Crippen LogP contribution < -0.4 is 5.32 Å². The summed E-state index contributed by atoms with van der Waals surface area (Å²) in [7, 11) is 1.85.